The van der Waals surface area contributed by atoms with Gasteiger partial charge in [0.25, 0.3) is 11.1 Å². The van der Waals surface area contributed by atoms with Crippen LogP contribution in [-0.4, -0.2) is 54.4 Å². The molecule has 0 aliphatic carbocycles. The number of esters is 1. The van der Waals surface area contributed by atoms with Crippen molar-refractivity contribution in [1.82, 2.24) is 4.90 Å². The van der Waals surface area contributed by atoms with E-state index >= 15 is 0 Å². The van der Waals surface area contributed by atoms with Crippen molar-refractivity contribution in [3.05, 3.63) is 28.2 Å². The third-order valence-corrected chi connectivity index (χ3v) is 6.71. The Balaban J connectivity index is 1.93. The topological polar surface area (TPSA) is 76.1 Å². The van der Waals surface area contributed by atoms with Crippen molar-refractivity contribution in [1.29, 1.82) is 0 Å². The van der Waals surface area contributed by atoms with Crippen LogP contribution in [0.1, 0.15) is 58.1 Å². The van der Waals surface area contributed by atoms with E-state index in [2.05, 4.69) is 32.7 Å². The Morgan fingerprint density at radius 2 is 2.00 bits per heavy atom. The Hall–Kier alpha value is -2.48. The molecule has 2 aliphatic rings. The van der Waals surface area contributed by atoms with Crippen LogP contribution in [0.5, 0.6) is 5.75 Å². The standard InChI is InChI=1S/C23H30N2O5S/c1-13(2)30-20(26)12-25-21(27)19(31-22(25)28)9-15-8-16-14(3)11-23(4,5)24(6)17(16)10-18(15)29-7/h8-10,13-14H,11-12H2,1-7H3/b19-9-. The third-order valence-electron chi connectivity index (χ3n) is 5.80. The minimum Gasteiger partial charge on any atom is -0.496 e. The summed E-state index contributed by atoms with van der Waals surface area (Å²) < 4.78 is 10.7. The van der Waals surface area contributed by atoms with Gasteiger partial charge < -0.3 is 14.4 Å². The summed E-state index contributed by atoms with van der Waals surface area (Å²) in [5, 5.41) is -0.483. The molecule has 0 N–H and O–H groups in total. The molecule has 1 fully saturated rings. The monoisotopic (exact) mass is 446 g/mol. The fraction of sp³-hybridized carbons (Fsp3) is 0.522. The van der Waals surface area contributed by atoms with Gasteiger partial charge in [0, 0.05) is 29.9 Å². The summed E-state index contributed by atoms with van der Waals surface area (Å²) in [6, 6.07) is 4.02. The van der Waals surface area contributed by atoms with E-state index in [4.69, 9.17) is 9.47 Å². The summed E-state index contributed by atoms with van der Waals surface area (Å²) in [5.74, 6) is -0.146. The van der Waals surface area contributed by atoms with Crippen molar-refractivity contribution in [3.63, 3.8) is 0 Å². The molecule has 0 spiro atoms. The molecule has 2 amide bonds. The molecule has 2 aliphatic heterocycles. The fourth-order valence-corrected chi connectivity index (χ4v) is 4.94. The number of carbonyl (C=O) groups excluding carboxylic acids is 3. The summed E-state index contributed by atoms with van der Waals surface area (Å²) in [4.78, 5) is 40.5. The number of hydrogen-bond donors (Lipinski definition) is 0. The largest absolute Gasteiger partial charge is 0.496 e. The van der Waals surface area contributed by atoms with Crippen molar-refractivity contribution in [2.24, 2.45) is 0 Å². The van der Waals surface area contributed by atoms with Crippen molar-refractivity contribution < 1.29 is 23.9 Å². The van der Waals surface area contributed by atoms with Gasteiger partial charge in [0.05, 0.1) is 18.1 Å². The zero-order valence-electron chi connectivity index (χ0n) is 19.1. The zero-order chi connectivity index (χ0) is 23.1. The summed E-state index contributed by atoms with van der Waals surface area (Å²) in [5.41, 5.74) is 3.03. The predicted octanol–water partition coefficient (Wildman–Crippen LogP) is 4.41. The Kier molecular flexibility index (Phi) is 6.41. The summed E-state index contributed by atoms with van der Waals surface area (Å²) in [7, 11) is 3.66. The van der Waals surface area contributed by atoms with Crippen LogP contribution < -0.4 is 9.64 Å². The number of rotatable bonds is 5. The number of carbonyl (C=O) groups is 3. The third kappa shape index (κ3) is 4.59. The van der Waals surface area contributed by atoms with Crippen LogP contribution in [-0.2, 0) is 14.3 Å². The SMILES string of the molecule is COc1cc2c(cc1/C=C1\SC(=O)N(CC(=O)OC(C)C)C1=O)C(C)CC(C)(C)N2C. The van der Waals surface area contributed by atoms with E-state index in [1.807, 2.05) is 12.1 Å². The number of imide groups is 1. The predicted molar refractivity (Wildman–Crippen MR) is 122 cm³/mol. The van der Waals surface area contributed by atoms with Gasteiger partial charge in [-0.1, -0.05) is 6.92 Å². The van der Waals surface area contributed by atoms with Gasteiger partial charge in [0.1, 0.15) is 12.3 Å². The zero-order valence-corrected chi connectivity index (χ0v) is 20.0. The lowest BCUT2D eigenvalue weighted by atomic mass is 9.80. The van der Waals surface area contributed by atoms with Gasteiger partial charge in [-0.25, -0.2) is 0 Å². The Morgan fingerprint density at radius 3 is 2.61 bits per heavy atom. The number of amides is 2. The van der Waals surface area contributed by atoms with E-state index < -0.39 is 23.7 Å². The molecule has 1 unspecified atom stereocenters. The lowest BCUT2D eigenvalue weighted by Gasteiger charge is -2.45. The summed E-state index contributed by atoms with van der Waals surface area (Å²) >= 11 is 0.820. The van der Waals surface area contributed by atoms with Crippen LogP contribution >= 0.6 is 11.8 Å². The van der Waals surface area contributed by atoms with E-state index in [-0.39, 0.29) is 16.5 Å². The Labute approximate surface area is 187 Å². The van der Waals surface area contributed by atoms with Gasteiger partial charge in [-0.05, 0) is 69.5 Å². The van der Waals surface area contributed by atoms with Crippen LogP contribution in [0.2, 0.25) is 0 Å². The average molecular weight is 447 g/mol. The van der Waals surface area contributed by atoms with Crippen molar-refractivity contribution >= 4 is 40.6 Å². The maximum atomic E-state index is 12.8. The molecule has 168 valence electrons. The van der Waals surface area contributed by atoms with Gasteiger partial charge in [-0.15, -0.1) is 0 Å². The lowest BCUT2D eigenvalue weighted by molar-refractivity contribution is -0.149. The average Bonchev–Trinajstić information content (AvgIpc) is 2.92. The van der Waals surface area contributed by atoms with Crippen LogP contribution in [0.25, 0.3) is 6.08 Å². The van der Waals surface area contributed by atoms with E-state index in [1.54, 1.807) is 27.0 Å². The van der Waals surface area contributed by atoms with Crippen molar-refractivity contribution in [2.45, 2.75) is 58.6 Å². The number of hydrogen-bond acceptors (Lipinski definition) is 7. The molecular formula is C23H30N2O5S. The number of thioether (sulfide) groups is 1. The number of fused-ring (bicyclic) bond motifs is 1. The summed E-state index contributed by atoms with van der Waals surface area (Å²) in [6.45, 7) is 9.66. The van der Waals surface area contributed by atoms with Crippen molar-refractivity contribution in [3.8, 4) is 5.75 Å². The van der Waals surface area contributed by atoms with Crippen molar-refractivity contribution in [2.75, 3.05) is 25.6 Å². The molecule has 0 bridgehead atoms. The highest BCUT2D eigenvalue weighted by Crippen LogP contribution is 2.45. The maximum Gasteiger partial charge on any atom is 0.326 e. The molecule has 1 aromatic carbocycles. The number of ether oxygens (including phenoxy) is 2. The molecule has 0 radical (unpaired) electrons. The second-order valence-corrected chi connectivity index (χ2v) is 9.93. The molecular weight excluding hydrogens is 416 g/mol. The quantitative estimate of drug-likeness (QED) is 0.490. The first-order valence-corrected chi connectivity index (χ1v) is 11.2. The molecule has 8 heteroatoms. The minimum atomic E-state index is -0.607. The first-order chi connectivity index (χ1) is 14.4. The van der Waals surface area contributed by atoms with E-state index in [1.165, 1.54) is 5.56 Å². The van der Waals surface area contributed by atoms with E-state index in [9.17, 15) is 14.4 Å². The van der Waals surface area contributed by atoms with Gasteiger partial charge in [0.2, 0.25) is 0 Å². The highest BCUT2D eigenvalue weighted by Gasteiger charge is 2.38. The van der Waals surface area contributed by atoms with E-state index in [0.29, 0.717) is 11.7 Å². The Bertz CT molecular complexity index is 954. The molecule has 1 atom stereocenters. The first kappa shape index (κ1) is 23.2. The molecule has 1 aromatic rings. The van der Waals surface area contributed by atoms with Gasteiger partial charge in [-0.2, -0.15) is 0 Å². The number of nitrogens with zero attached hydrogens (tertiary/aromatic N) is 2. The van der Waals surface area contributed by atoms with Gasteiger partial charge >= 0.3 is 5.97 Å². The number of methoxy groups -OCH3 is 1. The summed E-state index contributed by atoms with van der Waals surface area (Å²) in [6.07, 6.45) is 2.36. The van der Waals surface area contributed by atoms with Gasteiger partial charge in [-0.3, -0.25) is 19.3 Å². The number of anilines is 1. The second kappa shape index (κ2) is 8.57. The second-order valence-electron chi connectivity index (χ2n) is 8.94. The van der Waals surface area contributed by atoms with Gasteiger partial charge in [0.15, 0.2) is 0 Å². The maximum absolute atomic E-state index is 12.8. The van der Waals surface area contributed by atoms with E-state index in [0.717, 1.165) is 34.3 Å². The molecule has 0 saturated carbocycles. The molecule has 2 heterocycles. The number of benzene rings is 1. The first-order valence-electron chi connectivity index (χ1n) is 10.3. The molecule has 3 rings (SSSR count). The fourth-order valence-electron chi connectivity index (χ4n) is 4.11. The Morgan fingerprint density at radius 1 is 1.32 bits per heavy atom. The molecule has 31 heavy (non-hydrogen) atoms. The van der Waals surface area contributed by atoms with Crippen LogP contribution in [0.4, 0.5) is 10.5 Å². The van der Waals surface area contributed by atoms with Crippen LogP contribution in [0.3, 0.4) is 0 Å². The molecule has 0 aromatic heterocycles. The highest BCUT2D eigenvalue weighted by molar-refractivity contribution is 8.18. The molecule has 7 nitrogen and oxygen atoms in total. The lowest BCUT2D eigenvalue weighted by Crippen LogP contribution is -2.45. The highest BCUT2D eigenvalue weighted by atomic mass is 32.2. The molecule has 1 saturated heterocycles. The smallest absolute Gasteiger partial charge is 0.326 e. The normalized spacial score (nSPS) is 21.7. The van der Waals surface area contributed by atoms with Crippen LogP contribution in [0.15, 0.2) is 17.0 Å². The van der Waals surface area contributed by atoms with Crippen LogP contribution in [0, 0.1) is 0 Å². The minimum absolute atomic E-state index is 0.0200.